The molecule has 0 bridgehead atoms. The van der Waals surface area contributed by atoms with Crippen LogP contribution in [0, 0.1) is 5.41 Å². The number of hydrogen-bond acceptors (Lipinski definition) is 2. The van der Waals surface area contributed by atoms with E-state index in [1.54, 1.807) is 0 Å². The second-order valence-electron chi connectivity index (χ2n) is 5.40. The number of aryl methyl sites for hydroxylation is 1. The summed E-state index contributed by atoms with van der Waals surface area (Å²) in [5.74, 6) is 0. The monoisotopic (exact) mass is 223 g/mol. The molecule has 1 N–H and O–H groups in total. The SMILES string of the molecule is CC(C)(CCc1cccs1)CNC1CC1. The average Bonchev–Trinajstić information content (AvgIpc) is 2.88. The first kappa shape index (κ1) is 11.2. The van der Waals surface area contributed by atoms with Crippen molar-refractivity contribution in [2.75, 3.05) is 6.54 Å². The van der Waals surface area contributed by atoms with Crippen LogP contribution in [-0.2, 0) is 6.42 Å². The van der Waals surface area contributed by atoms with Gasteiger partial charge in [-0.1, -0.05) is 19.9 Å². The van der Waals surface area contributed by atoms with Crippen molar-refractivity contribution in [3.63, 3.8) is 0 Å². The van der Waals surface area contributed by atoms with E-state index in [0.717, 1.165) is 6.04 Å². The Morgan fingerprint density at radius 3 is 2.87 bits per heavy atom. The van der Waals surface area contributed by atoms with E-state index in [-0.39, 0.29) is 0 Å². The lowest BCUT2D eigenvalue weighted by atomic mass is 9.87. The zero-order chi connectivity index (χ0) is 10.7. The fraction of sp³-hybridized carbons (Fsp3) is 0.692. The Kier molecular flexibility index (Phi) is 3.47. The van der Waals surface area contributed by atoms with Crippen LogP contribution in [0.1, 0.15) is 38.0 Å². The Morgan fingerprint density at radius 1 is 1.47 bits per heavy atom. The van der Waals surface area contributed by atoms with Crippen LogP contribution < -0.4 is 5.32 Å². The lowest BCUT2D eigenvalue weighted by Gasteiger charge is -2.24. The summed E-state index contributed by atoms with van der Waals surface area (Å²) in [4.78, 5) is 1.52. The van der Waals surface area contributed by atoms with Crippen molar-refractivity contribution < 1.29 is 0 Å². The van der Waals surface area contributed by atoms with Gasteiger partial charge in [-0.3, -0.25) is 0 Å². The Balaban J connectivity index is 1.71. The van der Waals surface area contributed by atoms with Gasteiger partial charge in [-0.15, -0.1) is 11.3 Å². The molecule has 1 heterocycles. The Hall–Kier alpha value is -0.340. The number of rotatable bonds is 6. The summed E-state index contributed by atoms with van der Waals surface area (Å²) in [6.45, 7) is 5.91. The molecule has 0 aliphatic heterocycles. The number of nitrogens with one attached hydrogen (secondary N) is 1. The van der Waals surface area contributed by atoms with Crippen LogP contribution in [0.5, 0.6) is 0 Å². The minimum absolute atomic E-state index is 0.437. The Bertz CT molecular complexity index is 285. The van der Waals surface area contributed by atoms with E-state index >= 15 is 0 Å². The van der Waals surface area contributed by atoms with Gasteiger partial charge < -0.3 is 5.32 Å². The first-order valence-electron chi connectivity index (χ1n) is 5.91. The largest absolute Gasteiger partial charge is 0.313 e. The van der Waals surface area contributed by atoms with Gasteiger partial charge in [0.25, 0.3) is 0 Å². The molecule has 1 aliphatic carbocycles. The summed E-state index contributed by atoms with van der Waals surface area (Å²) in [5, 5.41) is 5.80. The molecule has 0 amide bonds. The molecule has 1 nitrogen and oxygen atoms in total. The molecule has 0 saturated heterocycles. The third-order valence-electron chi connectivity index (χ3n) is 3.07. The molecule has 1 aromatic heterocycles. The first-order chi connectivity index (χ1) is 7.16. The Labute approximate surface area is 96.9 Å². The van der Waals surface area contributed by atoms with Gasteiger partial charge in [0.1, 0.15) is 0 Å². The van der Waals surface area contributed by atoms with E-state index in [1.165, 1.54) is 37.1 Å². The van der Waals surface area contributed by atoms with Gasteiger partial charge in [0.2, 0.25) is 0 Å². The summed E-state index contributed by atoms with van der Waals surface area (Å²) in [7, 11) is 0. The van der Waals surface area contributed by atoms with E-state index in [4.69, 9.17) is 0 Å². The van der Waals surface area contributed by atoms with Gasteiger partial charge in [0.05, 0.1) is 0 Å². The van der Waals surface area contributed by atoms with Crippen LogP contribution >= 0.6 is 11.3 Å². The van der Waals surface area contributed by atoms with Crippen molar-refractivity contribution in [3.05, 3.63) is 22.4 Å². The van der Waals surface area contributed by atoms with E-state index in [2.05, 4.69) is 36.7 Å². The highest BCUT2D eigenvalue weighted by Crippen LogP contribution is 2.26. The predicted octanol–water partition coefficient (Wildman–Crippen LogP) is 3.46. The molecule has 1 aromatic rings. The van der Waals surface area contributed by atoms with E-state index < -0.39 is 0 Å². The van der Waals surface area contributed by atoms with Crippen molar-refractivity contribution in [1.29, 1.82) is 0 Å². The average molecular weight is 223 g/mol. The molecule has 1 aliphatic rings. The number of hydrogen-bond donors (Lipinski definition) is 1. The summed E-state index contributed by atoms with van der Waals surface area (Å²) >= 11 is 1.88. The normalized spacial score (nSPS) is 16.9. The summed E-state index contributed by atoms with van der Waals surface area (Å²) < 4.78 is 0. The zero-order valence-corrected chi connectivity index (χ0v) is 10.6. The molecule has 15 heavy (non-hydrogen) atoms. The second kappa shape index (κ2) is 4.67. The smallest absolute Gasteiger partial charge is 0.00684 e. The molecule has 84 valence electrons. The fourth-order valence-electron chi connectivity index (χ4n) is 1.71. The van der Waals surface area contributed by atoms with Gasteiger partial charge in [0.15, 0.2) is 0 Å². The molecule has 0 unspecified atom stereocenters. The van der Waals surface area contributed by atoms with Crippen LogP contribution in [0.3, 0.4) is 0 Å². The summed E-state index contributed by atoms with van der Waals surface area (Å²) in [6, 6.07) is 5.23. The highest BCUT2D eigenvalue weighted by atomic mass is 32.1. The molecule has 0 spiro atoms. The third-order valence-corrected chi connectivity index (χ3v) is 4.01. The lowest BCUT2D eigenvalue weighted by molar-refractivity contribution is 0.314. The minimum Gasteiger partial charge on any atom is -0.313 e. The molecular formula is C13H21NS. The summed E-state index contributed by atoms with van der Waals surface area (Å²) in [5.41, 5.74) is 0.437. The molecule has 1 saturated carbocycles. The van der Waals surface area contributed by atoms with Crippen LogP contribution in [0.25, 0.3) is 0 Å². The van der Waals surface area contributed by atoms with Crippen molar-refractivity contribution in [1.82, 2.24) is 5.32 Å². The van der Waals surface area contributed by atoms with Crippen molar-refractivity contribution in [2.24, 2.45) is 5.41 Å². The number of thiophene rings is 1. The molecular weight excluding hydrogens is 202 g/mol. The molecule has 0 atom stereocenters. The van der Waals surface area contributed by atoms with Gasteiger partial charge in [-0.2, -0.15) is 0 Å². The third kappa shape index (κ3) is 3.96. The highest BCUT2D eigenvalue weighted by molar-refractivity contribution is 7.09. The van der Waals surface area contributed by atoms with Gasteiger partial charge in [-0.05, 0) is 42.5 Å². The maximum Gasteiger partial charge on any atom is 0.00684 e. The Morgan fingerprint density at radius 2 is 2.27 bits per heavy atom. The van der Waals surface area contributed by atoms with Crippen molar-refractivity contribution in [3.8, 4) is 0 Å². The fourth-order valence-corrected chi connectivity index (χ4v) is 2.42. The molecule has 2 rings (SSSR count). The standard InChI is InChI=1S/C13H21NS/c1-13(2,10-14-11-5-6-11)8-7-12-4-3-9-15-12/h3-4,9,11,14H,5-8,10H2,1-2H3. The van der Waals surface area contributed by atoms with Crippen LogP contribution in [0.2, 0.25) is 0 Å². The zero-order valence-electron chi connectivity index (χ0n) is 9.75. The molecule has 0 aromatic carbocycles. The quantitative estimate of drug-likeness (QED) is 0.779. The topological polar surface area (TPSA) is 12.0 Å². The first-order valence-corrected chi connectivity index (χ1v) is 6.79. The molecule has 0 radical (unpaired) electrons. The summed E-state index contributed by atoms with van der Waals surface area (Å²) in [6.07, 6.45) is 5.30. The lowest BCUT2D eigenvalue weighted by Crippen LogP contribution is -2.31. The predicted molar refractivity (Wildman–Crippen MR) is 67.4 cm³/mol. The molecule has 1 fully saturated rings. The van der Waals surface area contributed by atoms with Crippen molar-refractivity contribution in [2.45, 2.75) is 45.6 Å². The van der Waals surface area contributed by atoms with Crippen LogP contribution in [-0.4, -0.2) is 12.6 Å². The van der Waals surface area contributed by atoms with Crippen molar-refractivity contribution >= 4 is 11.3 Å². The van der Waals surface area contributed by atoms with Crippen LogP contribution in [0.15, 0.2) is 17.5 Å². The second-order valence-corrected chi connectivity index (χ2v) is 6.43. The van der Waals surface area contributed by atoms with E-state index in [0.29, 0.717) is 5.41 Å². The van der Waals surface area contributed by atoms with Crippen LogP contribution in [0.4, 0.5) is 0 Å². The van der Waals surface area contributed by atoms with E-state index in [9.17, 15) is 0 Å². The molecule has 2 heteroatoms. The minimum atomic E-state index is 0.437. The van der Waals surface area contributed by atoms with Gasteiger partial charge >= 0.3 is 0 Å². The highest BCUT2D eigenvalue weighted by Gasteiger charge is 2.24. The maximum absolute atomic E-state index is 3.63. The van der Waals surface area contributed by atoms with E-state index in [1.807, 2.05) is 11.3 Å². The maximum atomic E-state index is 3.63. The van der Waals surface area contributed by atoms with Gasteiger partial charge in [0, 0.05) is 17.5 Å². The van der Waals surface area contributed by atoms with Gasteiger partial charge in [-0.25, -0.2) is 0 Å².